The number of amidine groups is 1. The number of hydrogen-bond acceptors (Lipinski definition) is 2. The number of alkyl halides is 1. The van der Waals surface area contributed by atoms with Crippen LogP contribution in [0.2, 0.25) is 0 Å². The van der Waals surface area contributed by atoms with Crippen LogP contribution in [0, 0.1) is 5.41 Å². The van der Waals surface area contributed by atoms with Gasteiger partial charge in [0.15, 0.2) is 0 Å². The van der Waals surface area contributed by atoms with E-state index in [2.05, 4.69) is 4.99 Å². The van der Waals surface area contributed by atoms with Crippen molar-refractivity contribution in [3.63, 3.8) is 0 Å². The molecule has 0 unspecified atom stereocenters. The number of nitrogens with two attached hydrogens (primary N) is 1. The molecule has 0 saturated heterocycles. The van der Waals surface area contributed by atoms with Gasteiger partial charge in [0.05, 0.1) is 11.6 Å². The van der Waals surface area contributed by atoms with Crippen LogP contribution in [0.15, 0.2) is 23.2 Å². The van der Waals surface area contributed by atoms with Crippen LogP contribution in [0.3, 0.4) is 0 Å². The Bertz CT molecular complexity index is 575. The fourth-order valence-corrected chi connectivity index (χ4v) is 2.52. The first-order valence-corrected chi connectivity index (χ1v) is 7.70. The minimum Gasteiger partial charge on any atom is -0.386 e. The number of carbonyl (C=O) groups is 1. The minimum atomic E-state index is -0.380. The van der Waals surface area contributed by atoms with Crippen LogP contribution in [-0.4, -0.2) is 24.2 Å². The van der Waals surface area contributed by atoms with E-state index < -0.39 is 0 Å². The van der Waals surface area contributed by atoms with Gasteiger partial charge in [0.25, 0.3) is 0 Å². The molecule has 5 heteroatoms. The van der Waals surface area contributed by atoms with Gasteiger partial charge in [-0.05, 0) is 36.6 Å². The van der Waals surface area contributed by atoms with Crippen molar-refractivity contribution in [2.24, 2.45) is 16.1 Å². The van der Waals surface area contributed by atoms with E-state index >= 15 is 0 Å². The molecule has 0 aromatic heterocycles. The molecular weight excluding hydrogens is 286 g/mol. The molecule has 1 aromatic carbocycles. The standard InChI is InChI=1S/C16H22ClN3O/c1-16(2,3)15(21)20-8-4-5-11-9-12(6-7-13(11)20)19-14(18)10-17/h6-7,9H,4-5,8,10H2,1-3H3,(H2,18,19). The Labute approximate surface area is 131 Å². The van der Waals surface area contributed by atoms with Gasteiger partial charge in [-0.25, -0.2) is 4.99 Å². The smallest absolute Gasteiger partial charge is 0.232 e. The first-order chi connectivity index (χ1) is 9.82. The molecule has 0 bridgehead atoms. The number of anilines is 1. The third kappa shape index (κ3) is 3.56. The molecule has 114 valence electrons. The van der Waals surface area contributed by atoms with Gasteiger partial charge < -0.3 is 10.6 Å². The van der Waals surface area contributed by atoms with Gasteiger partial charge in [-0.15, -0.1) is 11.6 Å². The minimum absolute atomic E-state index is 0.153. The number of rotatable bonds is 2. The predicted octanol–water partition coefficient (Wildman–Crippen LogP) is 3.24. The highest BCUT2D eigenvalue weighted by Gasteiger charge is 2.30. The van der Waals surface area contributed by atoms with E-state index in [9.17, 15) is 4.79 Å². The lowest BCUT2D eigenvalue weighted by atomic mass is 9.92. The number of hydrogen-bond donors (Lipinski definition) is 1. The predicted molar refractivity (Wildman–Crippen MR) is 88.6 cm³/mol. The monoisotopic (exact) mass is 307 g/mol. The fraction of sp³-hybridized carbons (Fsp3) is 0.500. The fourth-order valence-electron chi connectivity index (χ4n) is 2.46. The quantitative estimate of drug-likeness (QED) is 0.518. The third-order valence-corrected chi connectivity index (χ3v) is 3.75. The van der Waals surface area contributed by atoms with Crippen LogP contribution in [0.25, 0.3) is 0 Å². The molecule has 1 amide bonds. The average molecular weight is 308 g/mol. The van der Waals surface area contributed by atoms with Crippen molar-refractivity contribution in [3.05, 3.63) is 23.8 Å². The molecule has 0 fully saturated rings. The summed E-state index contributed by atoms with van der Waals surface area (Å²) >= 11 is 5.65. The number of amides is 1. The summed E-state index contributed by atoms with van der Waals surface area (Å²) in [4.78, 5) is 18.7. The molecule has 4 nitrogen and oxygen atoms in total. The van der Waals surface area contributed by atoms with Crippen molar-refractivity contribution in [1.82, 2.24) is 0 Å². The Morgan fingerprint density at radius 2 is 2.14 bits per heavy atom. The Morgan fingerprint density at radius 3 is 2.76 bits per heavy atom. The van der Waals surface area contributed by atoms with Crippen molar-refractivity contribution in [2.45, 2.75) is 33.6 Å². The molecule has 1 aliphatic heterocycles. The van der Waals surface area contributed by atoms with Crippen LogP contribution < -0.4 is 10.6 Å². The van der Waals surface area contributed by atoms with Gasteiger partial charge in [0.2, 0.25) is 5.91 Å². The normalized spacial score (nSPS) is 15.8. The Hall–Kier alpha value is -1.55. The molecule has 0 spiro atoms. The number of halogens is 1. The first kappa shape index (κ1) is 15.8. The summed E-state index contributed by atoms with van der Waals surface area (Å²) in [5.41, 5.74) is 8.21. The molecular formula is C16H22ClN3O. The largest absolute Gasteiger partial charge is 0.386 e. The molecule has 2 rings (SSSR count). The Kier molecular flexibility index (Phi) is 4.57. The van der Waals surface area contributed by atoms with E-state index in [0.717, 1.165) is 36.3 Å². The zero-order valence-electron chi connectivity index (χ0n) is 12.8. The first-order valence-electron chi connectivity index (χ1n) is 7.17. The maximum atomic E-state index is 12.6. The van der Waals surface area contributed by atoms with Gasteiger partial charge in [0, 0.05) is 17.6 Å². The number of aliphatic imine (C=N–C) groups is 1. The summed E-state index contributed by atoms with van der Waals surface area (Å²) < 4.78 is 0. The van der Waals surface area contributed by atoms with Crippen molar-refractivity contribution in [2.75, 3.05) is 17.3 Å². The Balaban J connectivity index is 2.35. The molecule has 1 aromatic rings. The lowest BCUT2D eigenvalue weighted by Crippen LogP contribution is -2.42. The van der Waals surface area contributed by atoms with Crippen LogP contribution in [0.5, 0.6) is 0 Å². The number of carbonyl (C=O) groups excluding carboxylic acids is 1. The van der Waals surface area contributed by atoms with E-state index in [0.29, 0.717) is 5.84 Å². The molecule has 1 aliphatic rings. The van der Waals surface area contributed by atoms with Crippen molar-refractivity contribution in [3.8, 4) is 0 Å². The van der Waals surface area contributed by atoms with Crippen LogP contribution in [0.1, 0.15) is 32.8 Å². The number of nitrogens with zero attached hydrogens (tertiary/aromatic N) is 2. The van der Waals surface area contributed by atoms with E-state index in [4.69, 9.17) is 17.3 Å². The van der Waals surface area contributed by atoms with Gasteiger partial charge in [-0.1, -0.05) is 20.8 Å². The summed E-state index contributed by atoms with van der Waals surface area (Å²) in [7, 11) is 0. The topological polar surface area (TPSA) is 58.7 Å². The maximum Gasteiger partial charge on any atom is 0.232 e. The van der Waals surface area contributed by atoms with Crippen molar-refractivity contribution < 1.29 is 4.79 Å². The van der Waals surface area contributed by atoms with Crippen LogP contribution in [-0.2, 0) is 11.2 Å². The summed E-state index contributed by atoms with van der Waals surface area (Å²) in [5, 5.41) is 0. The van der Waals surface area contributed by atoms with E-state index in [-0.39, 0.29) is 17.2 Å². The average Bonchev–Trinajstić information content (AvgIpc) is 2.44. The number of aryl methyl sites for hydroxylation is 1. The summed E-state index contributed by atoms with van der Waals surface area (Å²) in [6.45, 7) is 6.62. The lowest BCUT2D eigenvalue weighted by Gasteiger charge is -2.34. The summed E-state index contributed by atoms with van der Waals surface area (Å²) in [6, 6.07) is 5.84. The van der Waals surface area contributed by atoms with Crippen LogP contribution >= 0.6 is 11.6 Å². The summed E-state index contributed by atoms with van der Waals surface area (Å²) in [6.07, 6.45) is 1.92. The second-order valence-corrected chi connectivity index (χ2v) is 6.63. The lowest BCUT2D eigenvalue weighted by molar-refractivity contribution is -0.125. The highest BCUT2D eigenvalue weighted by atomic mass is 35.5. The van der Waals surface area contributed by atoms with Crippen molar-refractivity contribution >= 4 is 34.7 Å². The molecule has 0 aliphatic carbocycles. The third-order valence-electron chi connectivity index (χ3n) is 3.48. The van der Waals surface area contributed by atoms with Gasteiger partial charge in [-0.3, -0.25) is 4.79 Å². The maximum absolute atomic E-state index is 12.6. The molecule has 0 saturated carbocycles. The zero-order chi connectivity index (χ0) is 15.6. The second-order valence-electron chi connectivity index (χ2n) is 6.36. The van der Waals surface area contributed by atoms with E-state index in [1.165, 1.54) is 0 Å². The molecule has 0 atom stereocenters. The van der Waals surface area contributed by atoms with Gasteiger partial charge in [-0.2, -0.15) is 0 Å². The molecule has 2 N–H and O–H groups in total. The SMILES string of the molecule is CC(C)(C)C(=O)N1CCCc2cc(N=C(N)CCl)ccc21. The van der Waals surface area contributed by atoms with Gasteiger partial charge in [0.1, 0.15) is 5.84 Å². The van der Waals surface area contributed by atoms with Crippen LogP contribution in [0.4, 0.5) is 11.4 Å². The second kappa shape index (κ2) is 6.06. The molecule has 21 heavy (non-hydrogen) atoms. The van der Waals surface area contributed by atoms with Gasteiger partial charge >= 0.3 is 0 Å². The highest BCUT2D eigenvalue weighted by Crippen LogP contribution is 2.33. The molecule has 1 heterocycles. The zero-order valence-corrected chi connectivity index (χ0v) is 13.6. The summed E-state index contributed by atoms with van der Waals surface area (Å²) in [5.74, 6) is 0.765. The molecule has 0 radical (unpaired) electrons. The Morgan fingerprint density at radius 1 is 1.43 bits per heavy atom. The highest BCUT2D eigenvalue weighted by molar-refractivity contribution is 6.28. The number of benzene rings is 1. The number of fused-ring (bicyclic) bond motifs is 1. The van der Waals surface area contributed by atoms with Crippen molar-refractivity contribution in [1.29, 1.82) is 0 Å². The van der Waals surface area contributed by atoms with E-state index in [1.807, 2.05) is 43.9 Å². The van der Waals surface area contributed by atoms with E-state index in [1.54, 1.807) is 0 Å².